The van der Waals surface area contributed by atoms with Gasteiger partial charge in [-0.05, 0) is 49.9 Å². The van der Waals surface area contributed by atoms with Crippen molar-refractivity contribution in [1.29, 1.82) is 21.0 Å². The zero-order chi connectivity index (χ0) is 41.9. The van der Waals surface area contributed by atoms with Gasteiger partial charge >= 0.3 is 11.9 Å². The van der Waals surface area contributed by atoms with Gasteiger partial charge in [0.05, 0.1) is 85.1 Å². The van der Waals surface area contributed by atoms with Gasteiger partial charge in [-0.2, -0.15) is 21.0 Å². The summed E-state index contributed by atoms with van der Waals surface area (Å²) in [6, 6.07) is 23.5. The highest BCUT2D eigenvalue weighted by Crippen LogP contribution is 2.12. The molecule has 2 rings (SSSR count). The van der Waals surface area contributed by atoms with E-state index in [1.165, 1.54) is 48.5 Å². The van der Waals surface area contributed by atoms with Crippen molar-refractivity contribution in [3.05, 3.63) is 71.8 Å². The van der Waals surface area contributed by atoms with Gasteiger partial charge in [0.15, 0.2) is 12.2 Å². The predicted octanol–water partition coefficient (Wildman–Crippen LogP) is 0.0533. The summed E-state index contributed by atoms with van der Waals surface area (Å²) in [7, 11) is 0. The largest absolute Gasteiger partial charge is 0.546 e. The first-order valence-corrected chi connectivity index (χ1v) is 17.2. The van der Waals surface area contributed by atoms with E-state index < -0.39 is 36.1 Å². The Labute approximate surface area is 317 Å². The number of carbonyl (C=O) groups excluding carboxylic acids is 4. The molecule has 0 unspecified atom stereocenters. The van der Waals surface area contributed by atoms with Gasteiger partial charge in [-0.25, -0.2) is 9.59 Å². The van der Waals surface area contributed by atoms with Gasteiger partial charge in [0, 0.05) is 12.1 Å². The number of carboxylic acid groups (broad SMARTS) is 2. The standard InChI is InChI=1S/C18H14O8.4C5H10N2/c19-15(20)13(25-17(23)11-7-3-1-4-8-11)14(16(21)22)26-18(24)12-9-5-2-6-10-12;4*1-2-5(7)3-4-6/h1-10,13-14H,(H,19,20)(H,21,22);4*5H,2-3,7H2,1H3/t13-,14-;4*5-/m11110/s1. The zero-order valence-corrected chi connectivity index (χ0v) is 31.5. The Morgan fingerprint density at radius 3 is 1.02 bits per heavy atom. The highest BCUT2D eigenvalue weighted by Gasteiger charge is 2.32. The van der Waals surface area contributed by atoms with Crippen LogP contribution in [0.4, 0.5) is 0 Å². The van der Waals surface area contributed by atoms with E-state index in [-0.39, 0.29) is 23.2 Å². The fourth-order valence-corrected chi connectivity index (χ4v) is 3.05. The van der Waals surface area contributed by atoms with E-state index >= 15 is 0 Å². The number of nitriles is 4. The minimum atomic E-state index is -2.39. The number of aliphatic carboxylic acids is 2. The molecule has 0 bridgehead atoms. The average Bonchev–Trinajstić information content (AvgIpc) is 3.17. The van der Waals surface area contributed by atoms with Crippen molar-refractivity contribution >= 4 is 23.9 Å². The Bertz CT molecular complexity index is 1340. The number of quaternary nitrogens is 2. The lowest BCUT2D eigenvalue weighted by Gasteiger charge is -2.28. The molecular weight excluding hydrogens is 696 g/mol. The van der Waals surface area contributed by atoms with Gasteiger partial charge in [0.25, 0.3) is 0 Å². The van der Waals surface area contributed by atoms with Crippen LogP contribution >= 0.6 is 0 Å². The third-order valence-electron chi connectivity index (χ3n) is 6.90. The summed E-state index contributed by atoms with van der Waals surface area (Å²) >= 11 is 0. The van der Waals surface area contributed by atoms with Crippen molar-refractivity contribution in [1.82, 2.24) is 0 Å². The van der Waals surface area contributed by atoms with Crippen LogP contribution in [0.3, 0.4) is 0 Å². The molecule has 0 aromatic heterocycles. The summed E-state index contributed by atoms with van der Waals surface area (Å²) in [6.45, 7) is 8.02. The highest BCUT2D eigenvalue weighted by molar-refractivity contribution is 5.94. The second kappa shape index (κ2) is 34.2. The second-order valence-electron chi connectivity index (χ2n) is 11.4. The Hall–Kier alpha value is -5.88. The monoisotopic (exact) mass is 750 g/mol. The second-order valence-corrected chi connectivity index (χ2v) is 11.4. The van der Waals surface area contributed by atoms with Crippen molar-refractivity contribution in [2.45, 2.75) is 115 Å². The number of carbonyl (C=O) groups is 4. The smallest absolute Gasteiger partial charge is 0.338 e. The van der Waals surface area contributed by atoms with E-state index in [4.69, 9.17) is 32.5 Å². The van der Waals surface area contributed by atoms with Crippen LogP contribution in [0.1, 0.15) is 99.8 Å². The number of carboxylic acids is 2. The summed E-state index contributed by atoms with van der Waals surface area (Å²) in [6.07, 6.45) is 1.18. The van der Waals surface area contributed by atoms with E-state index in [1.807, 2.05) is 39.8 Å². The molecule has 16 heteroatoms. The van der Waals surface area contributed by atoms with Crippen molar-refractivity contribution in [2.75, 3.05) is 0 Å². The van der Waals surface area contributed by atoms with Crippen LogP contribution in [-0.2, 0) is 19.1 Å². The van der Waals surface area contributed by atoms with E-state index in [1.54, 1.807) is 12.1 Å². The highest BCUT2D eigenvalue weighted by atomic mass is 16.6. The van der Waals surface area contributed by atoms with Crippen molar-refractivity contribution in [3.63, 3.8) is 0 Å². The fourth-order valence-electron chi connectivity index (χ4n) is 3.05. The van der Waals surface area contributed by atoms with Gasteiger partial charge in [-0.3, -0.25) is 0 Å². The molecule has 54 heavy (non-hydrogen) atoms. The Morgan fingerprint density at radius 1 is 0.574 bits per heavy atom. The Balaban J connectivity index is -0.000000752. The van der Waals surface area contributed by atoms with Crippen molar-refractivity contribution in [3.8, 4) is 24.3 Å². The summed E-state index contributed by atoms with van der Waals surface area (Å²) < 4.78 is 9.32. The third kappa shape index (κ3) is 27.8. The van der Waals surface area contributed by atoms with Gasteiger partial charge < -0.3 is 52.2 Å². The molecule has 0 heterocycles. The van der Waals surface area contributed by atoms with E-state index in [2.05, 4.69) is 33.1 Å². The summed E-state index contributed by atoms with van der Waals surface area (Å²) in [5, 5.41) is 54.8. The van der Waals surface area contributed by atoms with Gasteiger partial charge in [-0.15, -0.1) is 0 Å². The first-order valence-electron chi connectivity index (χ1n) is 17.2. The Kier molecular flexibility index (Phi) is 33.3. The molecule has 6 atom stereocenters. The number of ether oxygens (including phenoxy) is 2. The molecular formula is C38H54N8O8. The zero-order valence-electron chi connectivity index (χ0n) is 31.5. The van der Waals surface area contributed by atoms with Crippen LogP contribution in [-0.4, -0.2) is 60.3 Å². The summed E-state index contributed by atoms with van der Waals surface area (Å²) in [5.74, 6) is -6.35. The maximum absolute atomic E-state index is 12.0. The molecule has 10 N–H and O–H groups in total. The number of nitrogens with zero attached hydrogens (tertiary/aromatic N) is 4. The number of hydrogen-bond donors (Lipinski definition) is 4. The molecule has 0 saturated carbocycles. The SMILES string of the molecule is CC[C@@H](N)CC#N.CC[C@@H]([NH3+])CC#N.CC[C@@H]([NH3+])CC#N.CC[C@H](N)CC#N.O=C(O[C@@H](C(=O)[O-])[C@@H](OC(=O)c1ccccc1)C(=O)[O-])c1ccccc1. The lowest BCUT2D eigenvalue weighted by atomic mass is 10.1. The molecule has 0 aliphatic carbocycles. The van der Waals surface area contributed by atoms with Crippen LogP contribution in [0.5, 0.6) is 0 Å². The number of nitrogens with two attached hydrogens (primary N) is 2. The van der Waals surface area contributed by atoms with Crippen molar-refractivity contribution in [2.24, 2.45) is 11.5 Å². The molecule has 16 nitrogen and oxygen atoms in total. The average molecular weight is 751 g/mol. The minimum absolute atomic E-state index is 0.0229. The molecule has 0 aliphatic heterocycles. The van der Waals surface area contributed by atoms with E-state index in [9.17, 15) is 29.4 Å². The summed E-state index contributed by atoms with van der Waals surface area (Å²) in [4.78, 5) is 46.5. The van der Waals surface area contributed by atoms with Crippen LogP contribution in [0.15, 0.2) is 60.7 Å². The molecule has 0 amide bonds. The maximum Gasteiger partial charge on any atom is 0.338 e. The molecule has 0 aliphatic rings. The van der Waals surface area contributed by atoms with Gasteiger partial charge in [0.1, 0.15) is 0 Å². The van der Waals surface area contributed by atoms with Gasteiger partial charge in [0.2, 0.25) is 0 Å². The molecule has 294 valence electrons. The number of benzene rings is 2. The minimum Gasteiger partial charge on any atom is -0.546 e. The predicted molar refractivity (Wildman–Crippen MR) is 193 cm³/mol. The van der Waals surface area contributed by atoms with E-state index in [0.717, 1.165) is 25.7 Å². The van der Waals surface area contributed by atoms with E-state index in [0.29, 0.717) is 37.8 Å². The molecule has 0 saturated heterocycles. The van der Waals surface area contributed by atoms with Gasteiger partial charge in [-0.1, -0.05) is 64.1 Å². The fraction of sp³-hybridized carbons (Fsp3) is 0.474. The van der Waals surface area contributed by atoms with Crippen molar-refractivity contribution < 1.29 is 50.3 Å². The molecule has 0 radical (unpaired) electrons. The number of esters is 2. The molecule has 0 fully saturated rings. The first-order chi connectivity index (χ1) is 25.6. The van der Waals surface area contributed by atoms with Crippen LogP contribution in [0, 0.1) is 45.3 Å². The molecule has 2 aromatic rings. The quantitative estimate of drug-likeness (QED) is 0.175. The normalized spacial score (nSPS) is 12.6. The van der Waals surface area contributed by atoms with Crippen LogP contribution in [0.25, 0.3) is 0 Å². The first kappa shape index (κ1) is 52.5. The maximum atomic E-state index is 12.0. The molecule has 0 spiro atoms. The van der Waals surface area contributed by atoms with Crippen LogP contribution < -0.4 is 33.1 Å². The molecule has 2 aromatic carbocycles. The lowest BCUT2D eigenvalue weighted by molar-refractivity contribution is -0.419. The third-order valence-corrected chi connectivity index (χ3v) is 6.90. The lowest BCUT2D eigenvalue weighted by Crippen LogP contribution is -2.60. The topological polar surface area (TPSA) is 335 Å². The number of hydrogen-bond acceptors (Lipinski definition) is 14. The number of rotatable bonds is 15. The summed E-state index contributed by atoms with van der Waals surface area (Å²) in [5.41, 5.74) is 18.1. The Morgan fingerprint density at radius 2 is 0.852 bits per heavy atom. The van der Waals surface area contributed by atoms with Crippen LogP contribution in [0.2, 0.25) is 0 Å².